The van der Waals surface area contributed by atoms with Crippen LogP contribution >= 0.6 is 15.9 Å². The van der Waals surface area contributed by atoms with Crippen LogP contribution in [0.5, 0.6) is 0 Å². The average Bonchev–Trinajstić information content (AvgIpc) is 3.13. The van der Waals surface area contributed by atoms with Gasteiger partial charge in [0.2, 0.25) is 5.91 Å². The van der Waals surface area contributed by atoms with Crippen molar-refractivity contribution in [1.82, 2.24) is 4.98 Å². The standard InChI is InChI=1S/C17H14BrN3O3/c18-12-4-1-9(7-14(19)22)16-15(12)11-3-2-10(8-13(11)20-16)21-5-6-24-17(21)23/h1-4,8,20H,5-7H2,(H2,19,22). The Balaban J connectivity index is 1.92. The quantitative estimate of drug-likeness (QED) is 0.723. The van der Waals surface area contributed by atoms with E-state index in [1.165, 1.54) is 0 Å². The van der Waals surface area contributed by atoms with Gasteiger partial charge in [0, 0.05) is 26.4 Å². The lowest BCUT2D eigenvalue weighted by Crippen LogP contribution is -2.23. The number of nitrogens with two attached hydrogens (primary N) is 1. The molecule has 24 heavy (non-hydrogen) atoms. The van der Waals surface area contributed by atoms with E-state index < -0.39 is 0 Å². The van der Waals surface area contributed by atoms with E-state index in [2.05, 4.69) is 20.9 Å². The molecule has 2 aromatic carbocycles. The Morgan fingerprint density at radius 1 is 1.33 bits per heavy atom. The van der Waals surface area contributed by atoms with E-state index in [4.69, 9.17) is 10.5 Å². The molecule has 2 heterocycles. The Labute approximate surface area is 145 Å². The van der Waals surface area contributed by atoms with Crippen molar-refractivity contribution < 1.29 is 14.3 Å². The highest BCUT2D eigenvalue weighted by Gasteiger charge is 2.24. The summed E-state index contributed by atoms with van der Waals surface area (Å²) in [5, 5.41) is 2.01. The van der Waals surface area contributed by atoms with Gasteiger partial charge in [-0.25, -0.2) is 4.79 Å². The molecule has 0 radical (unpaired) electrons. The predicted molar refractivity (Wildman–Crippen MR) is 95.1 cm³/mol. The molecule has 0 atom stereocenters. The number of aromatic amines is 1. The Kier molecular flexibility index (Phi) is 3.45. The number of carbonyl (C=O) groups is 2. The third kappa shape index (κ3) is 2.32. The molecular weight excluding hydrogens is 374 g/mol. The molecule has 1 aliphatic rings. The normalized spacial score (nSPS) is 14.5. The first-order chi connectivity index (χ1) is 11.5. The molecule has 4 rings (SSSR count). The number of rotatable bonds is 3. The molecule has 1 aromatic heterocycles. The number of hydrogen-bond acceptors (Lipinski definition) is 3. The SMILES string of the molecule is NC(=O)Cc1ccc(Br)c2c1[nH]c1cc(N3CCOC3=O)ccc12. The monoisotopic (exact) mass is 387 g/mol. The Bertz CT molecular complexity index is 996. The van der Waals surface area contributed by atoms with Gasteiger partial charge in [0.15, 0.2) is 0 Å². The number of amides is 2. The van der Waals surface area contributed by atoms with Crippen molar-refractivity contribution in [2.75, 3.05) is 18.1 Å². The number of fused-ring (bicyclic) bond motifs is 3. The number of hydrogen-bond donors (Lipinski definition) is 2. The van der Waals surface area contributed by atoms with E-state index in [-0.39, 0.29) is 18.4 Å². The van der Waals surface area contributed by atoms with Crippen LogP contribution in [0.25, 0.3) is 21.8 Å². The Morgan fingerprint density at radius 2 is 2.17 bits per heavy atom. The Morgan fingerprint density at radius 3 is 2.88 bits per heavy atom. The fourth-order valence-corrected chi connectivity index (χ4v) is 3.69. The number of nitrogens with one attached hydrogen (secondary N) is 1. The van der Waals surface area contributed by atoms with Gasteiger partial charge in [0.25, 0.3) is 0 Å². The zero-order valence-electron chi connectivity index (χ0n) is 12.6. The van der Waals surface area contributed by atoms with Gasteiger partial charge >= 0.3 is 6.09 Å². The third-order valence-electron chi connectivity index (χ3n) is 4.21. The lowest BCUT2D eigenvalue weighted by atomic mass is 10.1. The van der Waals surface area contributed by atoms with Gasteiger partial charge in [-0.2, -0.15) is 0 Å². The van der Waals surface area contributed by atoms with Gasteiger partial charge in [-0.05, 0) is 23.8 Å². The maximum atomic E-state index is 11.7. The number of cyclic esters (lactones) is 1. The number of nitrogens with zero attached hydrogens (tertiary/aromatic N) is 1. The summed E-state index contributed by atoms with van der Waals surface area (Å²) >= 11 is 3.57. The summed E-state index contributed by atoms with van der Waals surface area (Å²) in [5.74, 6) is -0.377. The maximum Gasteiger partial charge on any atom is 0.414 e. The number of aromatic nitrogens is 1. The summed E-state index contributed by atoms with van der Waals surface area (Å²) in [6.45, 7) is 0.944. The van der Waals surface area contributed by atoms with E-state index >= 15 is 0 Å². The topological polar surface area (TPSA) is 88.4 Å². The van der Waals surface area contributed by atoms with Crippen LogP contribution in [0, 0.1) is 0 Å². The average molecular weight is 388 g/mol. The summed E-state index contributed by atoms with van der Waals surface area (Å²) < 4.78 is 5.93. The molecule has 3 N–H and O–H groups in total. The highest BCUT2D eigenvalue weighted by Crippen LogP contribution is 2.35. The van der Waals surface area contributed by atoms with Crippen molar-refractivity contribution in [1.29, 1.82) is 0 Å². The van der Waals surface area contributed by atoms with Crippen molar-refractivity contribution in [2.24, 2.45) is 5.73 Å². The molecule has 3 aromatic rings. The number of benzene rings is 2. The molecular formula is C17H14BrN3O3. The van der Waals surface area contributed by atoms with Crippen LogP contribution in [0.4, 0.5) is 10.5 Å². The lowest BCUT2D eigenvalue weighted by molar-refractivity contribution is -0.117. The molecule has 6 nitrogen and oxygen atoms in total. The van der Waals surface area contributed by atoms with E-state index in [0.717, 1.165) is 37.5 Å². The van der Waals surface area contributed by atoms with E-state index in [1.54, 1.807) is 4.90 Å². The van der Waals surface area contributed by atoms with Gasteiger partial charge in [-0.15, -0.1) is 0 Å². The maximum absolute atomic E-state index is 11.7. The fraction of sp³-hybridized carbons (Fsp3) is 0.176. The molecule has 0 aliphatic carbocycles. The van der Waals surface area contributed by atoms with Crippen LogP contribution < -0.4 is 10.6 Å². The first kappa shape index (κ1) is 15.0. The zero-order valence-corrected chi connectivity index (χ0v) is 14.2. The first-order valence-electron chi connectivity index (χ1n) is 7.50. The second kappa shape index (κ2) is 5.52. The molecule has 0 spiro atoms. The van der Waals surface area contributed by atoms with Crippen LogP contribution in [0.3, 0.4) is 0 Å². The van der Waals surface area contributed by atoms with Crippen molar-refractivity contribution in [3.05, 3.63) is 40.4 Å². The highest BCUT2D eigenvalue weighted by molar-refractivity contribution is 9.10. The zero-order chi connectivity index (χ0) is 16.8. The summed E-state index contributed by atoms with van der Waals surface area (Å²) in [6, 6.07) is 9.58. The molecule has 7 heteroatoms. The largest absolute Gasteiger partial charge is 0.447 e. The lowest BCUT2D eigenvalue weighted by Gasteiger charge is -2.12. The van der Waals surface area contributed by atoms with Crippen molar-refractivity contribution >= 4 is 55.4 Å². The summed E-state index contributed by atoms with van der Waals surface area (Å²) in [5.41, 5.74) is 8.74. The third-order valence-corrected chi connectivity index (χ3v) is 4.87. The van der Waals surface area contributed by atoms with Gasteiger partial charge in [-0.3, -0.25) is 9.69 Å². The summed E-state index contributed by atoms with van der Waals surface area (Å²) in [4.78, 5) is 28.0. The molecule has 0 unspecified atom stereocenters. The van der Waals surface area contributed by atoms with Gasteiger partial charge in [-0.1, -0.05) is 28.1 Å². The van der Waals surface area contributed by atoms with Crippen LogP contribution in [0.15, 0.2) is 34.8 Å². The minimum Gasteiger partial charge on any atom is -0.447 e. The van der Waals surface area contributed by atoms with Crippen LogP contribution in [-0.2, 0) is 16.0 Å². The summed E-state index contributed by atoms with van der Waals surface area (Å²) in [7, 11) is 0. The highest BCUT2D eigenvalue weighted by atomic mass is 79.9. The van der Waals surface area contributed by atoms with Crippen molar-refractivity contribution in [2.45, 2.75) is 6.42 Å². The minimum absolute atomic E-state index is 0.169. The van der Waals surface area contributed by atoms with Crippen molar-refractivity contribution in [3.8, 4) is 0 Å². The summed E-state index contributed by atoms with van der Waals surface area (Å²) in [6.07, 6.45) is -0.164. The predicted octanol–water partition coefficient (Wildman–Crippen LogP) is 3.07. The molecule has 1 saturated heterocycles. The number of H-pyrrole nitrogens is 1. The molecule has 122 valence electrons. The van der Waals surface area contributed by atoms with Gasteiger partial charge in [0.05, 0.1) is 18.5 Å². The first-order valence-corrected chi connectivity index (χ1v) is 8.29. The second-order valence-electron chi connectivity index (χ2n) is 5.72. The molecule has 2 amide bonds. The molecule has 0 saturated carbocycles. The van der Waals surface area contributed by atoms with Gasteiger partial charge in [0.1, 0.15) is 6.61 Å². The van der Waals surface area contributed by atoms with E-state index in [1.807, 2.05) is 30.3 Å². The molecule has 1 fully saturated rings. The van der Waals surface area contributed by atoms with E-state index in [0.29, 0.717) is 13.2 Å². The number of ether oxygens (including phenoxy) is 1. The fourth-order valence-electron chi connectivity index (χ4n) is 3.15. The van der Waals surface area contributed by atoms with Crippen molar-refractivity contribution in [3.63, 3.8) is 0 Å². The van der Waals surface area contributed by atoms with Crippen LogP contribution in [0.2, 0.25) is 0 Å². The van der Waals surface area contributed by atoms with Crippen LogP contribution in [-0.4, -0.2) is 30.1 Å². The number of primary amides is 1. The number of halogens is 1. The minimum atomic E-state index is -0.377. The second-order valence-corrected chi connectivity index (χ2v) is 6.57. The van der Waals surface area contributed by atoms with Gasteiger partial charge < -0.3 is 15.5 Å². The smallest absolute Gasteiger partial charge is 0.414 e. The number of anilines is 1. The van der Waals surface area contributed by atoms with Crippen LogP contribution in [0.1, 0.15) is 5.56 Å². The Hall–Kier alpha value is -2.54. The molecule has 0 bridgehead atoms. The number of carbonyl (C=O) groups excluding carboxylic acids is 2. The molecule has 1 aliphatic heterocycles. The van der Waals surface area contributed by atoms with E-state index in [9.17, 15) is 9.59 Å².